The molecule has 422 valence electrons. The molecule has 0 aliphatic heterocycles. The van der Waals surface area contributed by atoms with Gasteiger partial charge in [0.2, 0.25) is 6.71 Å². The highest BCUT2D eigenvalue weighted by Gasteiger charge is 2.31. The van der Waals surface area contributed by atoms with Crippen LogP contribution in [0.2, 0.25) is 0 Å². The van der Waals surface area contributed by atoms with E-state index < -0.39 is 0 Å². The SMILES string of the molecule is Cc1cc(C)c(B(c2cc(-c3cccc(-n4c5ccccc5c5ccc6c(c7ccccc7n6-c6ccccc6)c54)c3)cc(-c3cccc(-n4c5ccccc5c5ccc6c(c7ccccc7n6-c6ccccc6)c54)c3)c2)c2c(C)cc(C)cc2C)c(C)c1. The predicted octanol–water partition coefficient (Wildman–Crippen LogP) is 19.8. The second-order valence-corrected chi connectivity index (χ2v) is 24.8. The van der Waals surface area contributed by atoms with E-state index in [0.29, 0.717) is 0 Å². The number of benzene rings is 13. The maximum absolute atomic E-state index is 2.54. The van der Waals surface area contributed by atoms with Crippen molar-refractivity contribution >= 4 is 110 Å². The van der Waals surface area contributed by atoms with Crippen LogP contribution in [0.5, 0.6) is 0 Å². The molecule has 0 N–H and O–H groups in total. The molecule has 0 saturated carbocycles. The van der Waals surface area contributed by atoms with E-state index in [1.54, 1.807) is 0 Å². The van der Waals surface area contributed by atoms with Crippen molar-refractivity contribution in [1.82, 2.24) is 18.3 Å². The van der Waals surface area contributed by atoms with Crippen molar-refractivity contribution < 1.29 is 0 Å². The first kappa shape index (κ1) is 52.5. The summed E-state index contributed by atoms with van der Waals surface area (Å²) in [5.74, 6) is 0. The summed E-state index contributed by atoms with van der Waals surface area (Å²) in [6.07, 6.45) is 0. The second-order valence-electron chi connectivity index (χ2n) is 24.8. The molecule has 0 bridgehead atoms. The lowest BCUT2D eigenvalue weighted by Gasteiger charge is -2.26. The van der Waals surface area contributed by atoms with Crippen molar-refractivity contribution in [3.63, 3.8) is 0 Å². The van der Waals surface area contributed by atoms with Crippen LogP contribution in [0.4, 0.5) is 0 Å². The van der Waals surface area contributed by atoms with E-state index in [0.717, 1.165) is 33.9 Å². The lowest BCUT2D eigenvalue weighted by Crippen LogP contribution is -2.56. The van der Waals surface area contributed by atoms with E-state index in [1.807, 2.05) is 0 Å². The molecule has 0 spiro atoms. The Morgan fingerprint density at radius 1 is 0.236 bits per heavy atom. The fourth-order valence-electron chi connectivity index (χ4n) is 15.8. The van der Waals surface area contributed by atoms with Crippen molar-refractivity contribution in [1.29, 1.82) is 0 Å². The summed E-state index contributed by atoms with van der Waals surface area (Å²) in [4.78, 5) is 0. The molecule has 5 heteroatoms. The first-order valence-electron chi connectivity index (χ1n) is 31.2. The highest BCUT2D eigenvalue weighted by molar-refractivity contribution is 6.96. The quantitative estimate of drug-likeness (QED) is 0.128. The lowest BCUT2D eigenvalue weighted by molar-refractivity contribution is 1.17. The largest absolute Gasteiger partial charge is 0.309 e. The van der Waals surface area contributed by atoms with Crippen LogP contribution in [0.15, 0.2) is 273 Å². The van der Waals surface area contributed by atoms with Crippen molar-refractivity contribution in [2.24, 2.45) is 0 Å². The Hall–Kier alpha value is -10.9. The standard InChI is InChI=1S/C84H63BN4/c1-52-43-54(3)81(55(4)44-52)85(82-56(5)45-53(2)46-57(82)6)62-48-60(58-23-21-29-65(50-58)88-73-35-17-13-31-67(73)69-39-41-77-79(83(69)88)71-33-15-19-37-75(71)86(77)63-25-9-7-10-26-63)47-61(49-62)59-24-22-30-66(51-59)89-74-36-18-14-32-68(74)70-40-42-78-80(84(70)89)72-34-16-20-38-76(72)87(78)64-27-11-8-12-28-64/h7-51H,1-6H3. The monoisotopic (exact) mass is 1140 g/mol. The van der Waals surface area contributed by atoms with Crippen LogP contribution < -0.4 is 16.4 Å². The van der Waals surface area contributed by atoms with Gasteiger partial charge in [-0.05, 0) is 155 Å². The molecule has 0 saturated heterocycles. The number of fused-ring (bicyclic) bond motifs is 14. The zero-order chi connectivity index (χ0) is 59.8. The molecule has 0 fully saturated rings. The number of aromatic nitrogens is 4. The molecule has 17 aromatic rings. The minimum absolute atomic E-state index is 0.0543. The Kier molecular flexibility index (Phi) is 12.0. The van der Waals surface area contributed by atoms with Crippen molar-refractivity contribution in [2.75, 3.05) is 0 Å². The molecule has 0 amide bonds. The molecule has 0 atom stereocenters. The normalized spacial score (nSPS) is 11.9. The molecule has 0 radical (unpaired) electrons. The number of aryl methyl sites for hydroxylation is 6. The average molecular weight is 1140 g/mol. The first-order chi connectivity index (χ1) is 43.6. The van der Waals surface area contributed by atoms with Crippen molar-refractivity contribution in [2.45, 2.75) is 41.5 Å². The minimum Gasteiger partial charge on any atom is -0.309 e. The molecule has 4 aromatic heterocycles. The zero-order valence-corrected chi connectivity index (χ0v) is 50.8. The third kappa shape index (κ3) is 8.15. The van der Waals surface area contributed by atoms with Crippen LogP contribution in [0.1, 0.15) is 33.4 Å². The second kappa shape index (κ2) is 20.4. The van der Waals surface area contributed by atoms with Gasteiger partial charge in [0.1, 0.15) is 0 Å². The fourth-order valence-corrected chi connectivity index (χ4v) is 15.8. The molecule has 17 rings (SSSR count). The summed E-state index contributed by atoms with van der Waals surface area (Å²) in [5.41, 5.74) is 30.5. The highest BCUT2D eigenvalue weighted by Crippen LogP contribution is 2.45. The lowest BCUT2D eigenvalue weighted by atomic mass is 9.34. The van der Waals surface area contributed by atoms with Crippen LogP contribution in [0, 0.1) is 41.5 Å². The number of nitrogens with zero attached hydrogens (tertiary/aromatic N) is 4. The molecule has 89 heavy (non-hydrogen) atoms. The molecule has 13 aromatic carbocycles. The first-order valence-corrected chi connectivity index (χ1v) is 31.2. The van der Waals surface area contributed by atoms with Crippen molar-refractivity contribution in [3.05, 3.63) is 306 Å². The topological polar surface area (TPSA) is 19.7 Å². The Morgan fingerprint density at radius 2 is 0.584 bits per heavy atom. The summed E-state index contributed by atoms with van der Waals surface area (Å²) < 4.78 is 9.94. The van der Waals surface area contributed by atoms with Crippen LogP contribution in [-0.4, -0.2) is 25.0 Å². The smallest absolute Gasteiger partial charge is 0.242 e. The molecule has 0 aliphatic carbocycles. The van der Waals surface area contributed by atoms with Crippen LogP contribution in [0.3, 0.4) is 0 Å². The Labute approximate surface area is 518 Å². The molecule has 4 nitrogen and oxygen atoms in total. The van der Waals surface area contributed by atoms with Gasteiger partial charge in [-0.2, -0.15) is 0 Å². The summed E-state index contributed by atoms with van der Waals surface area (Å²) in [6.45, 7) is 13.7. The maximum Gasteiger partial charge on any atom is 0.242 e. The number of rotatable bonds is 9. The van der Waals surface area contributed by atoms with Gasteiger partial charge in [-0.25, -0.2) is 0 Å². The molecule has 0 unspecified atom stereocenters. The van der Waals surface area contributed by atoms with E-state index in [2.05, 4.69) is 333 Å². The Bertz CT molecular complexity index is 5360. The van der Waals surface area contributed by atoms with Crippen LogP contribution >= 0.6 is 0 Å². The third-order valence-corrected chi connectivity index (χ3v) is 19.2. The van der Waals surface area contributed by atoms with Gasteiger partial charge in [0.15, 0.2) is 0 Å². The van der Waals surface area contributed by atoms with Crippen LogP contribution in [0.25, 0.3) is 132 Å². The van der Waals surface area contributed by atoms with Crippen LogP contribution in [-0.2, 0) is 0 Å². The van der Waals surface area contributed by atoms with Gasteiger partial charge in [-0.15, -0.1) is 0 Å². The van der Waals surface area contributed by atoms with Gasteiger partial charge in [-0.1, -0.05) is 232 Å². The number of hydrogen-bond donors (Lipinski definition) is 0. The summed E-state index contributed by atoms with van der Waals surface area (Å²) >= 11 is 0. The number of hydrogen-bond acceptors (Lipinski definition) is 0. The molecule has 4 heterocycles. The Balaban J connectivity index is 0.925. The Morgan fingerprint density at radius 3 is 0.989 bits per heavy atom. The molecular weight excluding hydrogens is 1080 g/mol. The van der Waals surface area contributed by atoms with E-state index in [4.69, 9.17) is 0 Å². The van der Waals surface area contributed by atoms with E-state index >= 15 is 0 Å². The minimum atomic E-state index is -0.0543. The van der Waals surface area contributed by atoms with Gasteiger partial charge in [-0.3, -0.25) is 0 Å². The highest BCUT2D eigenvalue weighted by atomic mass is 15.0. The van der Waals surface area contributed by atoms with Crippen molar-refractivity contribution in [3.8, 4) is 45.0 Å². The summed E-state index contributed by atoms with van der Waals surface area (Å²) in [6, 6.07) is 102. The summed E-state index contributed by atoms with van der Waals surface area (Å²) in [5, 5.41) is 9.89. The fraction of sp³-hybridized carbons (Fsp3) is 0.0714. The van der Waals surface area contributed by atoms with E-state index in [9.17, 15) is 0 Å². The van der Waals surface area contributed by atoms with Gasteiger partial charge in [0, 0.05) is 65.8 Å². The van der Waals surface area contributed by atoms with E-state index in [-0.39, 0.29) is 6.71 Å². The predicted molar refractivity (Wildman–Crippen MR) is 381 cm³/mol. The molecule has 0 aliphatic rings. The summed E-state index contributed by atoms with van der Waals surface area (Å²) in [7, 11) is 0. The number of para-hydroxylation sites is 6. The zero-order valence-electron chi connectivity index (χ0n) is 50.8. The average Bonchev–Trinajstić information content (AvgIpc) is 1.76. The maximum atomic E-state index is 2.54. The van der Waals surface area contributed by atoms with Gasteiger partial charge < -0.3 is 18.3 Å². The van der Waals surface area contributed by atoms with Gasteiger partial charge in [0.25, 0.3) is 0 Å². The third-order valence-electron chi connectivity index (χ3n) is 19.2. The van der Waals surface area contributed by atoms with E-state index in [1.165, 1.54) is 148 Å². The van der Waals surface area contributed by atoms with Gasteiger partial charge in [0.05, 0.1) is 44.1 Å². The van der Waals surface area contributed by atoms with Gasteiger partial charge >= 0.3 is 0 Å². The molecular formula is C84H63BN4.